The van der Waals surface area contributed by atoms with Crippen molar-refractivity contribution >= 4 is 0 Å². The first-order valence-electron chi connectivity index (χ1n) is 5.72. The smallest absolute Gasteiger partial charge is 0.0826 e. The van der Waals surface area contributed by atoms with Crippen LogP contribution in [0.2, 0.25) is 0 Å². The Kier molecular flexibility index (Phi) is 3.28. The van der Waals surface area contributed by atoms with Crippen LogP contribution in [-0.2, 0) is 20.5 Å². The Morgan fingerprint density at radius 2 is 2.06 bits per heavy atom. The maximum Gasteiger partial charge on any atom is 0.0826 e. The summed E-state index contributed by atoms with van der Waals surface area (Å²) in [6, 6.07) is 0. The highest BCUT2D eigenvalue weighted by atomic mass is 16.3. The van der Waals surface area contributed by atoms with Gasteiger partial charge < -0.3 is 5.11 Å². The van der Waals surface area contributed by atoms with Gasteiger partial charge in [0.25, 0.3) is 0 Å². The number of hydrogen-bond donors (Lipinski definition) is 1. The van der Waals surface area contributed by atoms with Crippen LogP contribution in [-0.4, -0.2) is 24.7 Å². The van der Waals surface area contributed by atoms with E-state index in [-0.39, 0.29) is 0 Å². The molecule has 5 heteroatoms. The van der Waals surface area contributed by atoms with E-state index in [0.29, 0.717) is 6.42 Å². The molecule has 0 radical (unpaired) electrons. The molecule has 1 N–H and O–H groups in total. The van der Waals surface area contributed by atoms with Gasteiger partial charge in [-0.15, -0.1) is 0 Å². The van der Waals surface area contributed by atoms with Gasteiger partial charge in [-0.2, -0.15) is 10.2 Å². The fourth-order valence-corrected chi connectivity index (χ4v) is 1.90. The van der Waals surface area contributed by atoms with Gasteiger partial charge in [0, 0.05) is 31.5 Å². The van der Waals surface area contributed by atoms with Crippen LogP contribution in [0.1, 0.15) is 29.3 Å². The number of nitrogens with zero attached hydrogens (tertiary/aromatic N) is 4. The third-order valence-corrected chi connectivity index (χ3v) is 3.10. The Balaban J connectivity index is 1.98. The normalized spacial score (nSPS) is 12.9. The quantitative estimate of drug-likeness (QED) is 0.862. The van der Waals surface area contributed by atoms with Crippen LogP contribution in [0.5, 0.6) is 0 Å². The summed E-state index contributed by atoms with van der Waals surface area (Å²) in [5.74, 6) is 0. The minimum absolute atomic E-state index is 0.455. The predicted octanol–water partition coefficient (Wildman–Crippen LogP) is 1.13. The number of hydrogen-bond acceptors (Lipinski definition) is 3. The first-order valence-corrected chi connectivity index (χ1v) is 5.72. The number of aliphatic hydroxyl groups excluding tert-OH is 1. The zero-order valence-corrected chi connectivity index (χ0v) is 10.5. The average molecular weight is 234 g/mol. The Bertz CT molecular complexity index is 500. The van der Waals surface area contributed by atoms with Crippen molar-refractivity contribution in [2.24, 2.45) is 14.1 Å². The summed E-state index contributed by atoms with van der Waals surface area (Å²) in [7, 11) is 3.78. The maximum absolute atomic E-state index is 10.1. The molecule has 17 heavy (non-hydrogen) atoms. The summed E-state index contributed by atoms with van der Waals surface area (Å²) in [5, 5.41) is 18.3. The van der Waals surface area contributed by atoms with Crippen molar-refractivity contribution in [3.8, 4) is 0 Å². The van der Waals surface area contributed by atoms with Crippen LogP contribution >= 0.6 is 0 Å². The number of aliphatic hydroxyl groups is 1. The fraction of sp³-hybridized carbons (Fsp3) is 0.500. The van der Waals surface area contributed by atoms with Crippen LogP contribution in [0.15, 0.2) is 18.6 Å². The number of aryl methyl sites for hydroxylation is 3. The van der Waals surface area contributed by atoms with Crippen LogP contribution in [0.25, 0.3) is 0 Å². The average Bonchev–Trinajstić information content (AvgIpc) is 2.84. The molecule has 0 aliphatic rings. The van der Waals surface area contributed by atoms with Crippen molar-refractivity contribution < 1.29 is 5.11 Å². The molecule has 92 valence electrons. The van der Waals surface area contributed by atoms with Gasteiger partial charge in [-0.05, 0) is 25.3 Å². The predicted molar refractivity (Wildman–Crippen MR) is 64.4 cm³/mol. The molecule has 1 unspecified atom stereocenters. The van der Waals surface area contributed by atoms with Crippen molar-refractivity contribution in [1.29, 1.82) is 0 Å². The highest BCUT2D eigenvalue weighted by molar-refractivity contribution is 5.19. The Labute approximate surface area is 101 Å². The Morgan fingerprint density at radius 3 is 2.59 bits per heavy atom. The molecule has 0 spiro atoms. The van der Waals surface area contributed by atoms with Crippen molar-refractivity contribution in [1.82, 2.24) is 19.6 Å². The molecule has 0 aliphatic heterocycles. The van der Waals surface area contributed by atoms with E-state index in [4.69, 9.17) is 0 Å². The molecule has 0 aromatic carbocycles. The molecular formula is C12H18N4O. The van der Waals surface area contributed by atoms with Crippen molar-refractivity contribution in [2.45, 2.75) is 25.9 Å². The topological polar surface area (TPSA) is 55.9 Å². The molecule has 0 aliphatic carbocycles. The summed E-state index contributed by atoms with van der Waals surface area (Å²) in [6.45, 7) is 1.97. The highest BCUT2D eigenvalue weighted by Gasteiger charge is 2.13. The lowest BCUT2D eigenvalue weighted by atomic mass is 10.0. The highest BCUT2D eigenvalue weighted by Crippen LogP contribution is 2.21. The zero-order chi connectivity index (χ0) is 12.4. The van der Waals surface area contributed by atoms with E-state index >= 15 is 0 Å². The van der Waals surface area contributed by atoms with E-state index in [1.165, 1.54) is 0 Å². The first kappa shape index (κ1) is 11.9. The Hall–Kier alpha value is -1.62. The number of rotatable bonds is 4. The SMILES string of the molecule is Cc1c(C(O)CCc2cnn(C)c2)cnn1C. The third-order valence-electron chi connectivity index (χ3n) is 3.10. The third kappa shape index (κ3) is 2.55. The van der Waals surface area contributed by atoms with Crippen LogP contribution in [0, 0.1) is 6.92 Å². The van der Waals surface area contributed by atoms with Gasteiger partial charge in [0.05, 0.1) is 18.5 Å². The summed E-state index contributed by atoms with van der Waals surface area (Å²) < 4.78 is 3.56. The van der Waals surface area contributed by atoms with Crippen molar-refractivity contribution in [3.63, 3.8) is 0 Å². The molecule has 0 saturated heterocycles. The lowest BCUT2D eigenvalue weighted by Crippen LogP contribution is -2.01. The van der Waals surface area contributed by atoms with E-state index < -0.39 is 6.10 Å². The zero-order valence-electron chi connectivity index (χ0n) is 10.5. The molecule has 0 fully saturated rings. The van der Waals surface area contributed by atoms with Gasteiger partial charge in [-0.1, -0.05) is 0 Å². The molecule has 2 heterocycles. The summed E-state index contributed by atoms with van der Waals surface area (Å²) in [4.78, 5) is 0. The lowest BCUT2D eigenvalue weighted by Gasteiger charge is -2.09. The van der Waals surface area contributed by atoms with E-state index in [9.17, 15) is 5.11 Å². The minimum Gasteiger partial charge on any atom is -0.388 e. The van der Waals surface area contributed by atoms with Gasteiger partial charge >= 0.3 is 0 Å². The van der Waals surface area contributed by atoms with Crippen LogP contribution in [0.4, 0.5) is 0 Å². The first-order chi connectivity index (χ1) is 8.08. The van der Waals surface area contributed by atoms with E-state index in [0.717, 1.165) is 23.2 Å². The van der Waals surface area contributed by atoms with Gasteiger partial charge in [-0.3, -0.25) is 9.36 Å². The Morgan fingerprint density at radius 1 is 1.29 bits per heavy atom. The van der Waals surface area contributed by atoms with Crippen molar-refractivity contribution in [3.05, 3.63) is 35.4 Å². The molecule has 0 saturated carbocycles. The summed E-state index contributed by atoms with van der Waals surface area (Å²) in [5.41, 5.74) is 3.08. The lowest BCUT2D eigenvalue weighted by molar-refractivity contribution is 0.167. The van der Waals surface area contributed by atoms with E-state index in [1.807, 2.05) is 33.4 Å². The molecule has 2 aromatic heterocycles. The molecule has 0 amide bonds. The molecule has 0 bridgehead atoms. The standard InChI is InChI=1S/C12H18N4O/c1-9-11(7-14-16(9)3)12(17)5-4-10-6-13-15(2)8-10/h6-8,12,17H,4-5H2,1-3H3. The van der Waals surface area contributed by atoms with E-state index in [2.05, 4.69) is 10.2 Å². The van der Waals surface area contributed by atoms with E-state index in [1.54, 1.807) is 15.6 Å². The van der Waals surface area contributed by atoms with Gasteiger partial charge in [0.1, 0.15) is 0 Å². The fourth-order valence-electron chi connectivity index (χ4n) is 1.90. The van der Waals surface area contributed by atoms with Gasteiger partial charge in [-0.25, -0.2) is 0 Å². The van der Waals surface area contributed by atoms with Gasteiger partial charge in [0.2, 0.25) is 0 Å². The van der Waals surface area contributed by atoms with Crippen LogP contribution < -0.4 is 0 Å². The number of aromatic nitrogens is 4. The molecule has 2 rings (SSSR count). The molecular weight excluding hydrogens is 216 g/mol. The molecule has 1 atom stereocenters. The molecule has 2 aromatic rings. The minimum atomic E-state index is -0.455. The summed E-state index contributed by atoms with van der Waals surface area (Å²) in [6.07, 6.45) is 6.61. The monoisotopic (exact) mass is 234 g/mol. The summed E-state index contributed by atoms with van der Waals surface area (Å²) >= 11 is 0. The second-order valence-electron chi connectivity index (χ2n) is 4.39. The largest absolute Gasteiger partial charge is 0.388 e. The second kappa shape index (κ2) is 4.71. The maximum atomic E-state index is 10.1. The van der Waals surface area contributed by atoms with Crippen molar-refractivity contribution in [2.75, 3.05) is 0 Å². The second-order valence-corrected chi connectivity index (χ2v) is 4.39. The van der Waals surface area contributed by atoms with Gasteiger partial charge in [0.15, 0.2) is 0 Å². The van der Waals surface area contributed by atoms with Crippen LogP contribution in [0.3, 0.4) is 0 Å². The molecule has 5 nitrogen and oxygen atoms in total.